The Morgan fingerprint density at radius 1 is 1.29 bits per heavy atom. The highest BCUT2D eigenvalue weighted by atomic mass is 16.5. The summed E-state index contributed by atoms with van der Waals surface area (Å²) in [5.41, 5.74) is 0.980. The first-order valence-corrected chi connectivity index (χ1v) is 8.74. The SMILES string of the molecule is COc1ccc(C(CO)N(C)CC(=O)N2C(C)CCCC2C)cc1. The van der Waals surface area contributed by atoms with E-state index in [2.05, 4.69) is 13.8 Å². The second kappa shape index (κ2) is 8.49. The second-order valence-electron chi connectivity index (χ2n) is 6.82. The highest BCUT2D eigenvalue weighted by Crippen LogP contribution is 2.25. The van der Waals surface area contributed by atoms with Crippen molar-refractivity contribution in [2.45, 2.75) is 51.2 Å². The molecule has 3 atom stereocenters. The standard InChI is InChI=1S/C19H30N2O3/c1-14-6-5-7-15(2)21(14)19(23)12-20(3)18(13-22)16-8-10-17(24-4)11-9-16/h8-11,14-15,18,22H,5-7,12-13H2,1-4H3. The van der Waals surface area contributed by atoms with E-state index in [4.69, 9.17) is 4.74 Å². The number of aliphatic hydroxyl groups is 1. The van der Waals surface area contributed by atoms with E-state index >= 15 is 0 Å². The van der Waals surface area contributed by atoms with Gasteiger partial charge in [-0.1, -0.05) is 12.1 Å². The zero-order valence-electron chi connectivity index (χ0n) is 15.2. The highest BCUT2D eigenvalue weighted by Gasteiger charge is 2.30. The molecule has 0 aliphatic carbocycles. The molecule has 1 aliphatic heterocycles. The van der Waals surface area contributed by atoms with Gasteiger partial charge in [0.15, 0.2) is 0 Å². The largest absolute Gasteiger partial charge is 0.497 e. The molecular weight excluding hydrogens is 304 g/mol. The molecule has 1 heterocycles. The predicted octanol–water partition coefficient (Wildman–Crippen LogP) is 2.45. The van der Waals surface area contributed by atoms with Gasteiger partial charge in [-0.2, -0.15) is 0 Å². The Morgan fingerprint density at radius 3 is 2.38 bits per heavy atom. The lowest BCUT2D eigenvalue weighted by atomic mass is 9.97. The first-order chi connectivity index (χ1) is 11.5. The predicted molar refractivity (Wildman–Crippen MR) is 95.1 cm³/mol. The fourth-order valence-electron chi connectivity index (χ4n) is 3.64. The minimum Gasteiger partial charge on any atom is -0.497 e. The first-order valence-electron chi connectivity index (χ1n) is 8.74. The van der Waals surface area contributed by atoms with Crippen LogP contribution in [0.1, 0.15) is 44.7 Å². The van der Waals surface area contributed by atoms with Crippen LogP contribution in [0, 0.1) is 0 Å². The van der Waals surface area contributed by atoms with E-state index in [1.165, 1.54) is 6.42 Å². The van der Waals surface area contributed by atoms with Crippen LogP contribution in [-0.2, 0) is 4.79 Å². The van der Waals surface area contributed by atoms with Gasteiger partial charge in [-0.15, -0.1) is 0 Å². The lowest BCUT2D eigenvalue weighted by Gasteiger charge is -2.40. The number of methoxy groups -OCH3 is 1. The summed E-state index contributed by atoms with van der Waals surface area (Å²) in [5, 5.41) is 9.81. The van der Waals surface area contributed by atoms with Crippen LogP contribution >= 0.6 is 0 Å². The molecule has 0 radical (unpaired) electrons. The minimum absolute atomic E-state index is 0.0266. The third kappa shape index (κ3) is 4.28. The summed E-state index contributed by atoms with van der Waals surface area (Å²) >= 11 is 0. The maximum atomic E-state index is 12.8. The van der Waals surface area contributed by atoms with Gasteiger partial charge < -0.3 is 14.7 Å². The Hall–Kier alpha value is -1.59. The van der Waals surface area contributed by atoms with Crippen LogP contribution in [0.2, 0.25) is 0 Å². The summed E-state index contributed by atoms with van der Waals surface area (Å²) in [4.78, 5) is 16.7. The van der Waals surface area contributed by atoms with Crippen LogP contribution < -0.4 is 4.74 Å². The third-order valence-electron chi connectivity index (χ3n) is 5.07. The zero-order valence-corrected chi connectivity index (χ0v) is 15.2. The highest BCUT2D eigenvalue weighted by molar-refractivity contribution is 5.79. The number of likely N-dealkylation sites (tertiary alicyclic amines) is 1. The summed E-state index contributed by atoms with van der Waals surface area (Å²) in [6.45, 7) is 4.54. The van der Waals surface area contributed by atoms with Gasteiger partial charge in [0.2, 0.25) is 5.91 Å². The number of likely N-dealkylation sites (N-methyl/N-ethyl adjacent to an activating group) is 1. The lowest BCUT2D eigenvalue weighted by molar-refractivity contribution is -0.138. The molecular formula is C19H30N2O3. The van der Waals surface area contributed by atoms with E-state index < -0.39 is 0 Å². The second-order valence-corrected chi connectivity index (χ2v) is 6.82. The van der Waals surface area contributed by atoms with E-state index in [0.717, 1.165) is 24.2 Å². The summed E-state index contributed by atoms with van der Waals surface area (Å²) in [5.74, 6) is 0.925. The fraction of sp³-hybridized carbons (Fsp3) is 0.632. The van der Waals surface area contributed by atoms with E-state index in [1.807, 2.05) is 41.1 Å². The van der Waals surface area contributed by atoms with Gasteiger partial charge in [0, 0.05) is 12.1 Å². The maximum absolute atomic E-state index is 12.8. The van der Waals surface area contributed by atoms with Crippen LogP contribution in [0.5, 0.6) is 5.75 Å². The number of hydrogen-bond donors (Lipinski definition) is 1. The molecule has 1 amide bonds. The molecule has 24 heavy (non-hydrogen) atoms. The Labute approximate surface area is 145 Å². The van der Waals surface area contributed by atoms with Crippen LogP contribution in [0.4, 0.5) is 0 Å². The molecule has 1 aliphatic rings. The number of aliphatic hydroxyl groups excluding tert-OH is 1. The maximum Gasteiger partial charge on any atom is 0.237 e. The molecule has 134 valence electrons. The quantitative estimate of drug-likeness (QED) is 0.868. The monoisotopic (exact) mass is 334 g/mol. The lowest BCUT2D eigenvalue weighted by Crippen LogP contribution is -2.51. The Morgan fingerprint density at radius 2 is 1.88 bits per heavy atom. The van der Waals surface area contributed by atoms with Crippen molar-refractivity contribution in [1.82, 2.24) is 9.80 Å². The number of carbonyl (C=O) groups excluding carboxylic acids is 1. The van der Waals surface area contributed by atoms with Crippen LogP contribution in [0.25, 0.3) is 0 Å². The number of piperidine rings is 1. The fourth-order valence-corrected chi connectivity index (χ4v) is 3.64. The number of ether oxygens (including phenoxy) is 1. The van der Waals surface area contributed by atoms with Crippen molar-refractivity contribution in [3.8, 4) is 5.75 Å². The van der Waals surface area contributed by atoms with Gasteiger partial charge in [-0.3, -0.25) is 9.69 Å². The molecule has 1 N–H and O–H groups in total. The summed E-state index contributed by atoms with van der Waals surface area (Å²) in [6, 6.07) is 8.02. The average Bonchev–Trinajstić information content (AvgIpc) is 2.56. The summed E-state index contributed by atoms with van der Waals surface area (Å²) in [7, 11) is 3.52. The van der Waals surface area contributed by atoms with Crippen molar-refractivity contribution in [2.75, 3.05) is 27.3 Å². The minimum atomic E-state index is -0.199. The van der Waals surface area contributed by atoms with Crippen molar-refractivity contribution >= 4 is 5.91 Å². The van der Waals surface area contributed by atoms with Crippen molar-refractivity contribution in [3.05, 3.63) is 29.8 Å². The molecule has 1 aromatic carbocycles. The van der Waals surface area contributed by atoms with E-state index in [9.17, 15) is 9.90 Å². The average molecular weight is 334 g/mol. The number of rotatable bonds is 6. The Bertz CT molecular complexity index is 522. The van der Waals surface area contributed by atoms with E-state index in [1.54, 1.807) is 7.11 Å². The van der Waals surface area contributed by atoms with Gasteiger partial charge in [0.05, 0.1) is 26.3 Å². The van der Waals surface area contributed by atoms with Crippen molar-refractivity contribution < 1.29 is 14.6 Å². The topological polar surface area (TPSA) is 53.0 Å². The third-order valence-corrected chi connectivity index (χ3v) is 5.07. The molecule has 5 heteroatoms. The Balaban J connectivity index is 2.04. The Kier molecular flexibility index (Phi) is 6.63. The molecule has 0 aromatic heterocycles. The van der Waals surface area contributed by atoms with Crippen molar-refractivity contribution in [2.24, 2.45) is 0 Å². The molecule has 5 nitrogen and oxygen atoms in total. The molecule has 1 aromatic rings. The molecule has 1 fully saturated rings. The van der Waals surface area contributed by atoms with Gasteiger partial charge in [-0.25, -0.2) is 0 Å². The molecule has 3 unspecified atom stereocenters. The van der Waals surface area contributed by atoms with Crippen LogP contribution in [-0.4, -0.2) is 60.2 Å². The normalized spacial score (nSPS) is 22.5. The zero-order chi connectivity index (χ0) is 17.7. The number of hydrogen-bond acceptors (Lipinski definition) is 4. The number of carbonyl (C=O) groups is 1. The van der Waals surface area contributed by atoms with Crippen molar-refractivity contribution in [1.29, 1.82) is 0 Å². The molecule has 0 bridgehead atoms. The van der Waals surface area contributed by atoms with Crippen LogP contribution in [0.15, 0.2) is 24.3 Å². The summed E-state index contributed by atoms with van der Waals surface area (Å²) in [6.07, 6.45) is 3.33. The van der Waals surface area contributed by atoms with Gasteiger partial charge in [0.25, 0.3) is 0 Å². The molecule has 2 rings (SSSR count). The van der Waals surface area contributed by atoms with Gasteiger partial charge in [-0.05, 0) is 57.9 Å². The molecule has 0 saturated carbocycles. The van der Waals surface area contributed by atoms with E-state index in [-0.39, 0.29) is 18.6 Å². The number of benzene rings is 1. The summed E-state index contributed by atoms with van der Waals surface area (Å²) < 4.78 is 5.17. The number of nitrogens with zero attached hydrogens (tertiary/aromatic N) is 2. The smallest absolute Gasteiger partial charge is 0.237 e. The first kappa shape index (κ1) is 18.7. The van der Waals surface area contributed by atoms with Crippen molar-refractivity contribution in [3.63, 3.8) is 0 Å². The van der Waals surface area contributed by atoms with Gasteiger partial charge in [0.1, 0.15) is 5.75 Å². The molecule has 1 saturated heterocycles. The van der Waals surface area contributed by atoms with Crippen LogP contribution in [0.3, 0.4) is 0 Å². The molecule has 0 spiro atoms. The van der Waals surface area contributed by atoms with E-state index in [0.29, 0.717) is 18.6 Å². The van der Waals surface area contributed by atoms with Gasteiger partial charge >= 0.3 is 0 Å². The number of amides is 1.